The number of rotatable bonds is 3. The van der Waals surface area contributed by atoms with E-state index < -0.39 is 0 Å². The molecule has 0 saturated heterocycles. The van der Waals surface area contributed by atoms with Crippen molar-refractivity contribution in [2.24, 2.45) is 10.7 Å². The molecule has 0 radical (unpaired) electrons. The van der Waals surface area contributed by atoms with E-state index in [-0.39, 0.29) is 6.04 Å². The fraction of sp³-hybridized carbons (Fsp3) is 0.200. The molecule has 0 spiro atoms. The number of guanidine groups is 1. The van der Waals surface area contributed by atoms with Gasteiger partial charge in [0.15, 0.2) is 11.8 Å². The number of aliphatic imine (C=N–C) groups is 1. The topological polar surface area (TPSA) is 105 Å². The Labute approximate surface area is 98.1 Å². The van der Waals surface area contributed by atoms with Gasteiger partial charge in [0.05, 0.1) is 0 Å². The Balaban J connectivity index is 2.02. The highest BCUT2D eigenvalue weighted by atomic mass is 15.5. The molecule has 2 aromatic rings. The van der Waals surface area contributed by atoms with Crippen molar-refractivity contribution < 1.29 is 0 Å². The molecule has 0 aliphatic carbocycles. The second-order valence-electron chi connectivity index (χ2n) is 3.45. The zero-order valence-electron chi connectivity index (χ0n) is 9.33. The number of hydrogen-bond acceptors (Lipinski definition) is 4. The maximum atomic E-state index is 5.77. The Hall–Kier alpha value is -2.44. The van der Waals surface area contributed by atoms with Crippen LogP contribution in [0.4, 0.5) is 5.69 Å². The Bertz CT molecular complexity index is 477. The number of anilines is 1. The molecule has 4 N–H and O–H groups in total. The first-order valence-corrected chi connectivity index (χ1v) is 5.14. The molecular formula is C10H13N7. The Morgan fingerprint density at radius 3 is 2.82 bits per heavy atom. The second-order valence-corrected chi connectivity index (χ2v) is 3.45. The maximum absolute atomic E-state index is 5.77. The third kappa shape index (κ3) is 3.00. The lowest BCUT2D eigenvalue weighted by Gasteiger charge is -2.07. The lowest BCUT2D eigenvalue weighted by Crippen LogP contribution is -2.23. The Morgan fingerprint density at radius 1 is 1.41 bits per heavy atom. The summed E-state index contributed by atoms with van der Waals surface area (Å²) in [5, 5.41) is 16.5. The molecule has 1 aromatic carbocycles. The molecule has 1 unspecified atom stereocenters. The van der Waals surface area contributed by atoms with E-state index in [0.717, 1.165) is 5.69 Å². The zero-order chi connectivity index (χ0) is 12.1. The molecule has 2 rings (SSSR count). The van der Waals surface area contributed by atoms with Gasteiger partial charge in [-0.15, -0.1) is 10.2 Å². The molecular weight excluding hydrogens is 218 g/mol. The monoisotopic (exact) mass is 231 g/mol. The van der Waals surface area contributed by atoms with Crippen molar-refractivity contribution in [2.75, 3.05) is 5.32 Å². The van der Waals surface area contributed by atoms with Crippen LogP contribution < -0.4 is 11.1 Å². The van der Waals surface area contributed by atoms with Crippen LogP contribution in [0.3, 0.4) is 0 Å². The molecule has 0 bridgehead atoms. The summed E-state index contributed by atoms with van der Waals surface area (Å²) in [7, 11) is 0. The number of hydrogen-bond donors (Lipinski definition) is 3. The average Bonchev–Trinajstić information content (AvgIpc) is 2.83. The minimum atomic E-state index is -0.245. The molecule has 0 fully saturated rings. The molecule has 0 saturated carbocycles. The highest BCUT2D eigenvalue weighted by Gasteiger charge is 2.08. The second kappa shape index (κ2) is 5.06. The van der Waals surface area contributed by atoms with Gasteiger partial charge in [0, 0.05) is 5.69 Å². The molecule has 1 atom stereocenters. The molecule has 1 aromatic heterocycles. The summed E-state index contributed by atoms with van der Waals surface area (Å²) in [5.41, 5.74) is 6.65. The molecule has 7 nitrogen and oxygen atoms in total. The number of nitrogens with zero attached hydrogens (tertiary/aromatic N) is 4. The van der Waals surface area contributed by atoms with Crippen LogP contribution in [0.25, 0.3) is 0 Å². The van der Waals surface area contributed by atoms with Gasteiger partial charge in [-0.25, -0.2) is 4.99 Å². The first-order chi connectivity index (χ1) is 8.25. The van der Waals surface area contributed by atoms with Crippen LogP contribution in [0.2, 0.25) is 0 Å². The van der Waals surface area contributed by atoms with Gasteiger partial charge in [-0.3, -0.25) is 0 Å². The number of tetrazole rings is 1. The van der Waals surface area contributed by atoms with Gasteiger partial charge in [-0.2, -0.15) is 5.21 Å². The van der Waals surface area contributed by atoms with Gasteiger partial charge in [-0.1, -0.05) is 23.4 Å². The van der Waals surface area contributed by atoms with Crippen LogP contribution in [0.5, 0.6) is 0 Å². The van der Waals surface area contributed by atoms with E-state index in [9.17, 15) is 0 Å². The number of H-pyrrole nitrogens is 1. The molecule has 17 heavy (non-hydrogen) atoms. The van der Waals surface area contributed by atoms with Crippen molar-refractivity contribution in [1.82, 2.24) is 20.6 Å². The summed E-state index contributed by atoms with van der Waals surface area (Å²) in [5.74, 6) is 0.816. The molecule has 7 heteroatoms. The van der Waals surface area contributed by atoms with E-state index in [4.69, 9.17) is 5.73 Å². The maximum Gasteiger partial charge on any atom is 0.198 e. The van der Waals surface area contributed by atoms with Crippen LogP contribution in [-0.4, -0.2) is 26.6 Å². The highest BCUT2D eigenvalue weighted by Crippen LogP contribution is 2.10. The minimum absolute atomic E-state index is 0.245. The number of aromatic amines is 1. The van der Waals surface area contributed by atoms with Crippen LogP contribution >= 0.6 is 0 Å². The summed E-state index contributed by atoms with van der Waals surface area (Å²) in [6.07, 6.45) is 0. The van der Waals surface area contributed by atoms with Crippen molar-refractivity contribution in [1.29, 1.82) is 0 Å². The third-order valence-electron chi connectivity index (χ3n) is 2.11. The molecule has 88 valence electrons. The van der Waals surface area contributed by atoms with Crippen molar-refractivity contribution >= 4 is 11.6 Å². The third-order valence-corrected chi connectivity index (χ3v) is 2.11. The van der Waals surface area contributed by atoms with E-state index >= 15 is 0 Å². The number of aromatic nitrogens is 4. The number of nitrogens with two attached hydrogens (primary N) is 1. The van der Waals surface area contributed by atoms with Crippen LogP contribution in [-0.2, 0) is 0 Å². The molecule has 0 amide bonds. The Kier molecular flexibility index (Phi) is 3.29. The highest BCUT2D eigenvalue weighted by molar-refractivity contribution is 5.92. The predicted molar refractivity (Wildman–Crippen MR) is 64.3 cm³/mol. The fourth-order valence-electron chi connectivity index (χ4n) is 1.31. The van der Waals surface area contributed by atoms with Crippen molar-refractivity contribution in [3.8, 4) is 0 Å². The predicted octanol–water partition coefficient (Wildman–Crippen LogP) is 0.687. The van der Waals surface area contributed by atoms with Gasteiger partial charge >= 0.3 is 0 Å². The average molecular weight is 231 g/mol. The molecule has 0 aliphatic rings. The lowest BCUT2D eigenvalue weighted by atomic mass is 10.3. The van der Waals surface area contributed by atoms with E-state index in [1.54, 1.807) is 0 Å². The van der Waals surface area contributed by atoms with Gasteiger partial charge < -0.3 is 11.1 Å². The standard InChI is InChI=1S/C10H13N7/c1-7(9-14-16-17-15-9)12-10(11)13-8-5-3-2-4-6-8/h2-7H,1H3,(H3,11,12,13)(H,14,15,16,17). The van der Waals surface area contributed by atoms with Crippen LogP contribution in [0, 0.1) is 0 Å². The largest absolute Gasteiger partial charge is 0.370 e. The zero-order valence-corrected chi connectivity index (χ0v) is 9.33. The summed E-state index contributed by atoms with van der Waals surface area (Å²) < 4.78 is 0. The summed E-state index contributed by atoms with van der Waals surface area (Å²) in [4.78, 5) is 4.21. The van der Waals surface area contributed by atoms with Gasteiger partial charge in [-0.05, 0) is 19.1 Å². The van der Waals surface area contributed by atoms with E-state index in [0.29, 0.717) is 11.8 Å². The van der Waals surface area contributed by atoms with E-state index in [1.165, 1.54) is 0 Å². The summed E-state index contributed by atoms with van der Waals surface area (Å²) in [6.45, 7) is 1.84. The van der Waals surface area contributed by atoms with Crippen LogP contribution in [0.15, 0.2) is 35.3 Å². The van der Waals surface area contributed by atoms with Gasteiger partial charge in [0.25, 0.3) is 0 Å². The number of nitrogens with one attached hydrogen (secondary N) is 2. The van der Waals surface area contributed by atoms with Crippen LogP contribution in [0.1, 0.15) is 18.8 Å². The Morgan fingerprint density at radius 2 is 2.18 bits per heavy atom. The number of benzene rings is 1. The summed E-state index contributed by atoms with van der Waals surface area (Å²) >= 11 is 0. The van der Waals surface area contributed by atoms with E-state index in [2.05, 4.69) is 30.9 Å². The first kappa shape index (κ1) is 11.1. The fourth-order valence-corrected chi connectivity index (χ4v) is 1.31. The minimum Gasteiger partial charge on any atom is -0.370 e. The summed E-state index contributed by atoms with van der Waals surface area (Å²) in [6, 6.07) is 9.32. The first-order valence-electron chi connectivity index (χ1n) is 5.14. The lowest BCUT2D eigenvalue weighted by molar-refractivity contribution is 0.743. The van der Waals surface area contributed by atoms with Gasteiger partial charge in [0.1, 0.15) is 6.04 Å². The smallest absolute Gasteiger partial charge is 0.198 e. The molecule has 1 heterocycles. The molecule has 0 aliphatic heterocycles. The normalized spacial score (nSPS) is 13.4. The SMILES string of the molecule is CC(N=C(N)Nc1ccccc1)c1nn[nH]n1. The van der Waals surface area contributed by atoms with Crippen molar-refractivity contribution in [2.45, 2.75) is 13.0 Å². The number of para-hydroxylation sites is 1. The van der Waals surface area contributed by atoms with Gasteiger partial charge in [0.2, 0.25) is 0 Å². The quantitative estimate of drug-likeness (QED) is 0.532. The van der Waals surface area contributed by atoms with Crippen molar-refractivity contribution in [3.05, 3.63) is 36.2 Å². The van der Waals surface area contributed by atoms with Crippen molar-refractivity contribution in [3.63, 3.8) is 0 Å². The van der Waals surface area contributed by atoms with E-state index in [1.807, 2.05) is 37.3 Å².